The number of nitrogens with zero attached hydrogens (tertiary/aromatic N) is 1. The average Bonchev–Trinajstić information content (AvgIpc) is 2.47. The lowest BCUT2D eigenvalue weighted by Gasteiger charge is -2.06. The van der Waals surface area contributed by atoms with E-state index in [4.69, 9.17) is 0 Å². The van der Waals surface area contributed by atoms with Gasteiger partial charge in [0.2, 0.25) is 0 Å². The van der Waals surface area contributed by atoms with Crippen molar-refractivity contribution in [3.05, 3.63) is 59.4 Å². The second-order valence-corrected chi connectivity index (χ2v) is 4.94. The number of rotatable bonds is 5. The molecule has 0 fully saturated rings. The molecule has 1 aromatic carbocycles. The van der Waals surface area contributed by atoms with Crippen LogP contribution in [0.5, 0.6) is 0 Å². The molecule has 0 spiro atoms. The molecule has 1 N–H and O–H groups in total. The lowest BCUT2D eigenvalue weighted by atomic mass is 10.1. The van der Waals surface area contributed by atoms with Gasteiger partial charge in [0.25, 0.3) is 5.91 Å². The molecule has 2 rings (SSSR count). The Labute approximate surface area is 120 Å². The summed E-state index contributed by atoms with van der Waals surface area (Å²) in [4.78, 5) is 16.2. The van der Waals surface area contributed by atoms with Gasteiger partial charge in [-0.1, -0.05) is 25.5 Å². The predicted octanol–water partition coefficient (Wildman–Crippen LogP) is 3.98. The first-order chi connectivity index (χ1) is 9.69. The normalized spacial score (nSPS) is 10.3. The number of hydrogen-bond donors (Lipinski definition) is 1. The second-order valence-electron chi connectivity index (χ2n) is 4.94. The van der Waals surface area contributed by atoms with Crippen molar-refractivity contribution in [3.63, 3.8) is 0 Å². The Morgan fingerprint density at radius 2 is 1.90 bits per heavy atom. The predicted molar refractivity (Wildman–Crippen MR) is 82.0 cm³/mol. The molecular weight excluding hydrogens is 248 g/mol. The van der Waals surface area contributed by atoms with Gasteiger partial charge in [-0.2, -0.15) is 0 Å². The first-order valence-corrected chi connectivity index (χ1v) is 7.02. The quantitative estimate of drug-likeness (QED) is 0.891. The number of unbranched alkanes of at least 4 members (excludes halogenated alkanes) is 1. The van der Waals surface area contributed by atoms with E-state index in [0.717, 1.165) is 17.8 Å². The van der Waals surface area contributed by atoms with Gasteiger partial charge in [0.05, 0.1) is 5.56 Å². The molecule has 0 saturated heterocycles. The Kier molecular flexibility index (Phi) is 4.88. The van der Waals surface area contributed by atoms with E-state index in [1.165, 1.54) is 18.4 Å². The molecule has 0 aliphatic carbocycles. The second kappa shape index (κ2) is 6.85. The zero-order chi connectivity index (χ0) is 14.4. The highest BCUT2D eigenvalue weighted by Crippen LogP contribution is 2.13. The summed E-state index contributed by atoms with van der Waals surface area (Å²) in [6.07, 6.45) is 5.08. The van der Waals surface area contributed by atoms with Crippen LogP contribution in [0.25, 0.3) is 0 Å². The Bertz CT molecular complexity index is 559. The third kappa shape index (κ3) is 3.92. The fraction of sp³-hybridized carbons (Fsp3) is 0.294. The molecule has 1 amide bonds. The topological polar surface area (TPSA) is 42.0 Å². The number of carbonyl (C=O) groups excluding carboxylic acids is 1. The summed E-state index contributed by atoms with van der Waals surface area (Å²) in [6.45, 7) is 4.08. The van der Waals surface area contributed by atoms with Crippen LogP contribution >= 0.6 is 0 Å². The summed E-state index contributed by atoms with van der Waals surface area (Å²) in [5.74, 6) is -0.126. The minimum Gasteiger partial charge on any atom is -0.322 e. The molecule has 0 aliphatic heterocycles. The maximum absolute atomic E-state index is 12.0. The number of aryl methyl sites for hydroxylation is 2. The van der Waals surface area contributed by atoms with E-state index >= 15 is 0 Å². The number of aromatic nitrogens is 1. The Morgan fingerprint density at radius 3 is 2.50 bits per heavy atom. The van der Waals surface area contributed by atoms with Gasteiger partial charge in [-0.15, -0.1) is 0 Å². The molecule has 2 aromatic rings. The first kappa shape index (κ1) is 14.3. The Morgan fingerprint density at radius 1 is 1.15 bits per heavy atom. The summed E-state index contributed by atoms with van der Waals surface area (Å²) in [5, 5.41) is 2.88. The van der Waals surface area contributed by atoms with Crippen molar-refractivity contribution < 1.29 is 4.79 Å². The largest absolute Gasteiger partial charge is 0.322 e. The highest BCUT2D eigenvalue weighted by molar-refractivity contribution is 6.04. The summed E-state index contributed by atoms with van der Waals surface area (Å²) < 4.78 is 0. The van der Waals surface area contributed by atoms with Crippen LogP contribution in [0.15, 0.2) is 42.6 Å². The monoisotopic (exact) mass is 268 g/mol. The zero-order valence-electron chi connectivity index (χ0n) is 12.0. The number of anilines is 1. The van der Waals surface area contributed by atoms with Crippen LogP contribution in [0.2, 0.25) is 0 Å². The Balaban J connectivity index is 1.99. The van der Waals surface area contributed by atoms with Crippen LogP contribution in [0.4, 0.5) is 5.69 Å². The molecule has 0 radical (unpaired) electrons. The number of hydrogen-bond acceptors (Lipinski definition) is 2. The molecule has 0 saturated carbocycles. The van der Waals surface area contributed by atoms with Crippen LogP contribution < -0.4 is 5.32 Å². The van der Waals surface area contributed by atoms with Crippen molar-refractivity contribution in [3.8, 4) is 0 Å². The molecule has 3 heteroatoms. The highest BCUT2D eigenvalue weighted by atomic mass is 16.1. The average molecular weight is 268 g/mol. The molecule has 0 bridgehead atoms. The van der Waals surface area contributed by atoms with Gasteiger partial charge in [-0.3, -0.25) is 9.78 Å². The van der Waals surface area contributed by atoms with Gasteiger partial charge in [0, 0.05) is 17.6 Å². The maximum Gasteiger partial charge on any atom is 0.257 e. The summed E-state index contributed by atoms with van der Waals surface area (Å²) in [5.41, 5.74) is 3.60. The zero-order valence-corrected chi connectivity index (χ0v) is 12.0. The lowest BCUT2D eigenvalue weighted by molar-refractivity contribution is 0.102. The van der Waals surface area contributed by atoms with Gasteiger partial charge >= 0.3 is 0 Å². The number of amides is 1. The van der Waals surface area contributed by atoms with Gasteiger partial charge in [0.1, 0.15) is 0 Å². The third-order valence-corrected chi connectivity index (χ3v) is 3.20. The summed E-state index contributed by atoms with van der Waals surface area (Å²) in [6, 6.07) is 11.7. The number of pyridine rings is 1. The van der Waals surface area contributed by atoms with Crippen LogP contribution in [-0.2, 0) is 6.42 Å². The molecule has 104 valence electrons. The van der Waals surface area contributed by atoms with Gasteiger partial charge in [0.15, 0.2) is 0 Å². The SMILES string of the molecule is CCCCc1ccc(NC(=O)c2ccc(C)nc2)cc1. The van der Waals surface area contributed by atoms with E-state index in [1.54, 1.807) is 12.3 Å². The van der Waals surface area contributed by atoms with E-state index in [-0.39, 0.29) is 5.91 Å². The highest BCUT2D eigenvalue weighted by Gasteiger charge is 2.06. The maximum atomic E-state index is 12.0. The van der Waals surface area contributed by atoms with Gasteiger partial charge in [-0.05, 0) is 49.6 Å². The van der Waals surface area contributed by atoms with Crippen molar-refractivity contribution in [2.24, 2.45) is 0 Å². The molecule has 3 nitrogen and oxygen atoms in total. The van der Waals surface area contributed by atoms with Gasteiger partial charge in [-0.25, -0.2) is 0 Å². The number of benzene rings is 1. The molecule has 0 aliphatic rings. The van der Waals surface area contributed by atoms with Crippen molar-refractivity contribution in [1.82, 2.24) is 4.98 Å². The lowest BCUT2D eigenvalue weighted by Crippen LogP contribution is -2.12. The molecule has 0 unspecified atom stereocenters. The molecule has 1 aromatic heterocycles. The van der Waals surface area contributed by atoms with Crippen LogP contribution in [0.3, 0.4) is 0 Å². The van der Waals surface area contributed by atoms with E-state index in [2.05, 4.69) is 29.4 Å². The fourth-order valence-electron chi connectivity index (χ4n) is 1.94. The van der Waals surface area contributed by atoms with Gasteiger partial charge < -0.3 is 5.32 Å². The summed E-state index contributed by atoms with van der Waals surface area (Å²) >= 11 is 0. The van der Waals surface area contributed by atoms with Crippen molar-refractivity contribution in [1.29, 1.82) is 0 Å². The van der Waals surface area contributed by atoms with Crippen LogP contribution in [0, 0.1) is 6.92 Å². The van der Waals surface area contributed by atoms with Crippen molar-refractivity contribution in [2.45, 2.75) is 33.1 Å². The minimum absolute atomic E-state index is 0.126. The fourth-order valence-corrected chi connectivity index (χ4v) is 1.94. The number of carbonyl (C=O) groups is 1. The molecule has 0 atom stereocenters. The molecular formula is C17H20N2O. The third-order valence-electron chi connectivity index (χ3n) is 3.20. The molecule has 20 heavy (non-hydrogen) atoms. The minimum atomic E-state index is -0.126. The van der Waals surface area contributed by atoms with Crippen LogP contribution in [-0.4, -0.2) is 10.9 Å². The van der Waals surface area contributed by atoms with Crippen LogP contribution in [0.1, 0.15) is 41.4 Å². The van der Waals surface area contributed by atoms with E-state index < -0.39 is 0 Å². The first-order valence-electron chi connectivity index (χ1n) is 7.02. The van der Waals surface area contributed by atoms with E-state index in [0.29, 0.717) is 5.56 Å². The standard InChI is InChI=1S/C17H20N2O/c1-3-4-5-14-7-10-16(11-8-14)19-17(20)15-9-6-13(2)18-12-15/h6-12H,3-5H2,1-2H3,(H,19,20). The van der Waals surface area contributed by atoms with E-state index in [1.807, 2.05) is 25.1 Å². The smallest absolute Gasteiger partial charge is 0.257 e. The summed E-state index contributed by atoms with van der Waals surface area (Å²) in [7, 11) is 0. The van der Waals surface area contributed by atoms with E-state index in [9.17, 15) is 4.79 Å². The van der Waals surface area contributed by atoms with Crippen molar-refractivity contribution in [2.75, 3.05) is 5.32 Å². The Hall–Kier alpha value is -2.16. The van der Waals surface area contributed by atoms with Crippen molar-refractivity contribution >= 4 is 11.6 Å². The molecule has 1 heterocycles. The number of nitrogens with one attached hydrogen (secondary N) is 1.